The van der Waals surface area contributed by atoms with Gasteiger partial charge in [-0.25, -0.2) is 13.2 Å². The molecule has 0 fully saturated rings. The molecule has 0 unspecified atom stereocenters. The molecule has 0 saturated carbocycles. The topological polar surface area (TPSA) is 63.7 Å². The van der Waals surface area contributed by atoms with E-state index < -0.39 is 15.8 Å². The maximum atomic E-state index is 13.1. The second-order valence-corrected chi connectivity index (χ2v) is 11.1. The van der Waals surface area contributed by atoms with Crippen LogP contribution < -0.4 is 0 Å². The van der Waals surface area contributed by atoms with Gasteiger partial charge in [0.1, 0.15) is 4.21 Å². The van der Waals surface area contributed by atoms with Gasteiger partial charge in [-0.2, -0.15) is 0 Å². The number of carbonyl (C=O) groups is 1. The molecule has 1 heterocycles. The number of halogens is 1. The van der Waals surface area contributed by atoms with Crippen molar-refractivity contribution in [1.82, 2.24) is 4.90 Å². The minimum Gasteiger partial charge on any atom is -0.462 e. The average molecular weight is 466 g/mol. The fraction of sp³-hybridized carbons (Fsp3) is 0.318. The second-order valence-electron chi connectivity index (χ2n) is 7.41. The fourth-order valence-electron chi connectivity index (χ4n) is 3.17. The SMILES string of the molecule is Cc1c(S(=O)(=O)Cc2cccc(C(=O)OCCCN(C)C)c2)sc2ccc(Cl)cc12. The van der Waals surface area contributed by atoms with E-state index in [9.17, 15) is 13.2 Å². The normalized spacial score (nSPS) is 11.9. The van der Waals surface area contributed by atoms with Gasteiger partial charge in [0.2, 0.25) is 0 Å². The summed E-state index contributed by atoms with van der Waals surface area (Å²) in [5, 5.41) is 1.42. The number of benzene rings is 2. The van der Waals surface area contributed by atoms with Crippen molar-refractivity contribution in [1.29, 1.82) is 0 Å². The molecule has 0 saturated heterocycles. The van der Waals surface area contributed by atoms with Crippen molar-refractivity contribution in [2.24, 2.45) is 0 Å². The summed E-state index contributed by atoms with van der Waals surface area (Å²) in [5.74, 6) is -0.628. The Balaban J connectivity index is 1.77. The van der Waals surface area contributed by atoms with Crippen molar-refractivity contribution in [3.63, 3.8) is 0 Å². The Morgan fingerprint density at radius 3 is 2.67 bits per heavy atom. The van der Waals surface area contributed by atoms with Gasteiger partial charge in [0, 0.05) is 16.3 Å². The van der Waals surface area contributed by atoms with Crippen LogP contribution in [0.4, 0.5) is 0 Å². The number of nitrogens with zero attached hydrogens (tertiary/aromatic N) is 1. The highest BCUT2D eigenvalue weighted by atomic mass is 35.5. The highest BCUT2D eigenvalue weighted by Crippen LogP contribution is 2.36. The number of rotatable bonds is 8. The molecule has 8 heteroatoms. The number of fused-ring (bicyclic) bond motifs is 1. The van der Waals surface area contributed by atoms with Crippen LogP contribution in [0, 0.1) is 6.92 Å². The van der Waals surface area contributed by atoms with Crippen LogP contribution in [0.3, 0.4) is 0 Å². The lowest BCUT2D eigenvalue weighted by Gasteiger charge is -2.10. The van der Waals surface area contributed by atoms with Crippen LogP contribution in [0.2, 0.25) is 5.02 Å². The van der Waals surface area contributed by atoms with E-state index in [-0.39, 0.29) is 5.75 Å². The number of sulfone groups is 1. The molecule has 0 bridgehead atoms. The Hall–Kier alpha value is -1.93. The van der Waals surface area contributed by atoms with Crippen molar-refractivity contribution < 1.29 is 17.9 Å². The fourth-order valence-corrected chi connectivity index (χ4v) is 6.54. The summed E-state index contributed by atoms with van der Waals surface area (Å²) in [4.78, 5) is 14.3. The van der Waals surface area contributed by atoms with Gasteiger partial charge < -0.3 is 9.64 Å². The number of hydrogen-bond donors (Lipinski definition) is 0. The van der Waals surface area contributed by atoms with Crippen LogP contribution in [-0.4, -0.2) is 46.5 Å². The first-order chi connectivity index (χ1) is 14.2. The quantitative estimate of drug-likeness (QED) is 0.348. The Bertz CT molecular complexity index is 1170. The van der Waals surface area contributed by atoms with E-state index in [1.807, 2.05) is 25.1 Å². The molecule has 0 atom stereocenters. The smallest absolute Gasteiger partial charge is 0.338 e. The van der Waals surface area contributed by atoms with Gasteiger partial charge in [0.05, 0.1) is 17.9 Å². The molecule has 0 radical (unpaired) electrons. The molecule has 0 amide bonds. The minimum atomic E-state index is -3.57. The van der Waals surface area contributed by atoms with Crippen LogP contribution in [-0.2, 0) is 20.3 Å². The number of aryl methyl sites for hydroxylation is 1. The minimum absolute atomic E-state index is 0.184. The third-order valence-electron chi connectivity index (χ3n) is 4.64. The molecule has 0 spiro atoms. The van der Waals surface area contributed by atoms with Crippen LogP contribution in [0.15, 0.2) is 46.7 Å². The lowest BCUT2D eigenvalue weighted by molar-refractivity contribution is 0.0493. The Morgan fingerprint density at radius 2 is 1.93 bits per heavy atom. The largest absolute Gasteiger partial charge is 0.462 e. The van der Waals surface area contributed by atoms with Gasteiger partial charge in [-0.15, -0.1) is 11.3 Å². The molecule has 1 aromatic heterocycles. The molecule has 0 aliphatic rings. The van der Waals surface area contributed by atoms with Crippen LogP contribution in [0.25, 0.3) is 10.1 Å². The standard InChI is InChI=1S/C22H24ClNO4S2/c1-15-19-13-18(23)8-9-20(19)29-22(15)30(26,27)14-16-6-4-7-17(12-16)21(25)28-11-5-10-24(2)3/h4,6-9,12-13H,5,10-11,14H2,1-3H3. The number of carbonyl (C=O) groups excluding carboxylic acids is 1. The zero-order valence-electron chi connectivity index (χ0n) is 17.1. The third-order valence-corrected chi connectivity index (χ3v) is 8.54. The summed E-state index contributed by atoms with van der Waals surface area (Å²) in [5.41, 5.74) is 1.61. The Kier molecular flexibility index (Phi) is 7.18. The second kappa shape index (κ2) is 9.47. The van der Waals surface area contributed by atoms with Crippen molar-refractivity contribution in [3.05, 3.63) is 64.2 Å². The van der Waals surface area contributed by atoms with Crippen molar-refractivity contribution >= 4 is 48.8 Å². The Labute approximate surface area is 186 Å². The van der Waals surface area contributed by atoms with Crippen LogP contribution in [0.1, 0.15) is 27.9 Å². The van der Waals surface area contributed by atoms with Crippen LogP contribution in [0.5, 0.6) is 0 Å². The highest BCUT2D eigenvalue weighted by molar-refractivity contribution is 7.93. The monoisotopic (exact) mass is 465 g/mol. The van der Waals surface area contributed by atoms with E-state index in [4.69, 9.17) is 16.3 Å². The summed E-state index contributed by atoms with van der Waals surface area (Å²) < 4.78 is 32.7. The highest BCUT2D eigenvalue weighted by Gasteiger charge is 2.23. The number of thiophene rings is 1. The van der Waals surface area contributed by atoms with Crippen molar-refractivity contribution in [2.45, 2.75) is 23.3 Å². The molecule has 0 aliphatic heterocycles. The zero-order chi connectivity index (χ0) is 21.9. The Morgan fingerprint density at radius 1 is 1.17 bits per heavy atom. The summed E-state index contributed by atoms with van der Waals surface area (Å²) >= 11 is 7.30. The van der Waals surface area contributed by atoms with E-state index in [2.05, 4.69) is 0 Å². The van der Waals surface area contributed by atoms with E-state index in [0.717, 1.165) is 23.1 Å². The first-order valence-corrected chi connectivity index (χ1v) is 12.3. The average Bonchev–Trinajstić information content (AvgIpc) is 3.02. The number of hydrogen-bond acceptors (Lipinski definition) is 6. The molecule has 0 N–H and O–H groups in total. The zero-order valence-corrected chi connectivity index (χ0v) is 19.5. The van der Waals surface area contributed by atoms with Gasteiger partial charge in [-0.1, -0.05) is 23.7 Å². The van der Waals surface area contributed by atoms with E-state index in [0.29, 0.717) is 32.5 Å². The summed E-state index contributed by atoms with van der Waals surface area (Å²) in [6, 6.07) is 12.0. The van der Waals surface area contributed by atoms with E-state index >= 15 is 0 Å². The first-order valence-electron chi connectivity index (χ1n) is 9.49. The molecule has 5 nitrogen and oxygen atoms in total. The maximum Gasteiger partial charge on any atom is 0.338 e. The first kappa shape index (κ1) is 22.7. The molecule has 0 aliphatic carbocycles. The van der Waals surface area contributed by atoms with Gasteiger partial charge in [0.25, 0.3) is 0 Å². The molecular weight excluding hydrogens is 442 g/mol. The third kappa shape index (κ3) is 5.40. The van der Waals surface area contributed by atoms with Crippen LogP contribution >= 0.6 is 22.9 Å². The van der Waals surface area contributed by atoms with Gasteiger partial charge in [-0.05, 0) is 74.3 Å². The molecule has 160 valence electrons. The summed E-state index contributed by atoms with van der Waals surface area (Å²) in [6.07, 6.45) is 0.738. The lowest BCUT2D eigenvalue weighted by Crippen LogP contribution is -2.16. The van der Waals surface area contributed by atoms with Gasteiger partial charge >= 0.3 is 5.97 Å². The van der Waals surface area contributed by atoms with Crippen molar-refractivity contribution in [2.75, 3.05) is 27.2 Å². The molecular formula is C22H24ClNO4S2. The van der Waals surface area contributed by atoms with E-state index in [1.54, 1.807) is 43.3 Å². The van der Waals surface area contributed by atoms with Gasteiger partial charge in [0.15, 0.2) is 9.84 Å². The van der Waals surface area contributed by atoms with Gasteiger partial charge in [-0.3, -0.25) is 0 Å². The molecule has 2 aromatic carbocycles. The summed E-state index contributed by atoms with van der Waals surface area (Å²) in [6.45, 7) is 2.94. The number of esters is 1. The molecule has 3 rings (SSSR count). The van der Waals surface area contributed by atoms with E-state index in [1.165, 1.54) is 11.3 Å². The summed E-state index contributed by atoms with van der Waals surface area (Å²) in [7, 11) is 0.340. The predicted molar refractivity (Wildman–Crippen MR) is 122 cm³/mol. The molecule has 3 aromatic rings. The molecule has 30 heavy (non-hydrogen) atoms. The van der Waals surface area contributed by atoms with Crippen molar-refractivity contribution in [3.8, 4) is 0 Å². The predicted octanol–water partition coefficient (Wildman–Crippen LogP) is 4.95. The number of ether oxygens (including phenoxy) is 1. The lowest BCUT2D eigenvalue weighted by atomic mass is 10.1. The maximum absolute atomic E-state index is 13.1.